The summed E-state index contributed by atoms with van der Waals surface area (Å²) >= 11 is 0. The van der Waals surface area contributed by atoms with E-state index in [-0.39, 0.29) is 5.97 Å². The molecule has 0 amide bonds. The molecule has 0 bridgehead atoms. The second-order valence-electron chi connectivity index (χ2n) is 7.14. The van der Waals surface area contributed by atoms with E-state index in [1.807, 2.05) is 84.9 Å². The van der Waals surface area contributed by atoms with Crippen molar-refractivity contribution in [3.8, 4) is 5.75 Å². The molecule has 4 heteroatoms. The molecular formula is C26H30O3S. The summed E-state index contributed by atoms with van der Waals surface area (Å²) < 4.78 is 12.1. The number of hydrogen-bond donors (Lipinski definition) is 0. The van der Waals surface area contributed by atoms with Crippen LogP contribution >= 0.6 is 10.3 Å². The van der Waals surface area contributed by atoms with Crippen LogP contribution in [-0.2, 0) is 8.98 Å². The predicted molar refractivity (Wildman–Crippen MR) is 123 cm³/mol. The molecule has 0 spiro atoms. The summed E-state index contributed by atoms with van der Waals surface area (Å²) in [4.78, 5) is 15.2. The van der Waals surface area contributed by atoms with Crippen LogP contribution < -0.4 is 4.74 Å². The number of rotatable bonds is 10. The van der Waals surface area contributed by atoms with Crippen molar-refractivity contribution in [3.63, 3.8) is 0 Å². The molecule has 0 radical (unpaired) electrons. The van der Waals surface area contributed by atoms with Crippen molar-refractivity contribution >= 4 is 16.3 Å². The number of hydrogen-bond acceptors (Lipinski definition) is 3. The number of carbonyl (C=O) groups is 1. The third-order valence-electron chi connectivity index (χ3n) is 4.81. The van der Waals surface area contributed by atoms with E-state index < -0.39 is 10.3 Å². The molecule has 0 unspecified atom stereocenters. The van der Waals surface area contributed by atoms with Gasteiger partial charge < -0.3 is 8.92 Å². The van der Waals surface area contributed by atoms with Crippen molar-refractivity contribution in [1.82, 2.24) is 0 Å². The van der Waals surface area contributed by atoms with Crippen LogP contribution in [0.5, 0.6) is 5.75 Å². The van der Waals surface area contributed by atoms with Crippen molar-refractivity contribution in [2.75, 3.05) is 6.61 Å². The number of carbonyl (C=O) groups excluding carboxylic acids is 1. The summed E-state index contributed by atoms with van der Waals surface area (Å²) in [5.41, 5.74) is 0. The van der Waals surface area contributed by atoms with Gasteiger partial charge in [-0.2, -0.15) is 0 Å². The van der Waals surface area contributed by atoms with Gasteiger partial charge in [0.1, 0.15) is 5.75 Å². The topological polar surface area (TPSA) is 35.5 Å². The van der Waals surface area contributed by atoms with E-state index in [0.717, 1.165) is 33.5 Å². The zero-order valence-corrected chi connectivity index (χ0v) is 18.6. The Hall–Kier alpha value is -2.72. The summed E-state index contributed by atoms with van der Waals surface area (Å²) in [5.74, 6) is 0.543. The average molecular weight is 423 g/mol. The van der Waals surface area contributed by atoms with E-state index in [0.29, 0.717) is 0 Å². The van der Waals surface area contributed by atoms with Crippen molar-refractivity contribution in [2.24, 2.45) is 0 Å². The molecule has 3 aromatic rings. The fourth-order valence-electron chi connectivity index (χ4n) is 3.40. The van der Waals surface area contributed by atoms with Crippen molar-refractivity contribution in [2.45, 2.75) is 54.2 Å². The Labute approximate surface area is 181 Å². The molecule has 3 rings (SSSR count). The Morgan fingerprint density at radius 2 is 1.27 bits per heavy atom. The van der Waals surface area contributed by atoms with Gasteiger partial charge >= 0.3 is 5.97 Å². The molecule has 0 heterocycles. The molecule has 0 aliphatic heterocycles. The normalized spacial score (nSPS) is 11.7. The van der Waals surface area contributed by atoms with Gasteiger partial charge in [0.15, 0.2) is 0 Å². The van der Waals surface area contributed by atoms with E-state index in [9.17, 15) is 4.79 Å². The molecule has 158 valence electrons. The predicted octanol–water partition coefficient (Wildman–Crippen LogP) is 7.41. The smallest absolute Gasteiger partial charge is 0.313 e. The highest BCUT2D eigenvalue weighted by atomic mass is 32.3. The first-order chi connectivity index (χ1) is 14.7. The number of ether oxygens (including phenoxy) is 1. The highest BCUT2D eigenvalue weighted by Crippen LogP contribution is 2.69. The van der Waals surface area contributed by atoms with Gasteiger partial charge in [0.25, 0.3) is 0 Å². The van der Waals surface area contributed by atoms with E-state index in [2.05, 4.69) is 6.92 Å². The Kier molecular flexibility index (Phi) is 7.97. The highest BCUT2D eigenvalue weighted by Gasteiger charge is 2.34. The molecule has 0 saturated carbocycles. The molecule has 3 nitrogen and oxygen atoms in total. The molecular weight excluding hydrogens is 392 g/mol. The van der Waals surface area contributed by atoms with Crippen molar-refractivity contribution < 1.29 is 13.7 Å². The number of benzene rings is 3. The Bertz CT molecular complexity index is 869. The summed E-state index contributed by atoms with van der Waals surface area (Å²) in [6.45, 7) is 4.40. The summed E-state index contributed by atoms with van der Waals surface area (Å²) in [6, 6.07) is 28.0. The zero-order chi connectivity index (χ0) is 21.2. The molecule has 0 aliphatic rings. The lowest BCUT2D eigenvalue weighted by Crippen LogP contribution is -2.11. The molecule has 3 aromatic carbocycles. The minimum absolute atomic E-state index is 0.297. The maximum Gasteiger partial charge on any atom is 0.313 e. The van der Waals surface area contributed by atoms with Gasteiger partial charge in [0, 0.05) is 21.6 Å². The van der Waals surface area contributed by atoms with Crippen LogP contribution in [0.25, 0.3) is 0 Å². The minimum atomic E-state index is -2.19. The first-order valence-electron chi connectivity index (χ1n) is 10.5. The van der Waals surface area contributed by atoms with Crippen molar-refractivity contribution in [3.05, 3.63) is 84.9 Å². The third-order valence-corrected chi connectivity index (χ3v) is 8.11. The van der Waals surface area contributed by atoms with E-state index in [4.69, 9.17) is 8.92 Å². The SMILES string of the molecule is CCCCCCOc1ccc(S(OC(C)=O)(c2ccccc2)c2ccccc2)cc1. The van der Waals surface area contributed by atoms with Crippen LogP contribution in [0.15, 0.2) is 99.6 Å². The average Bonchev–Trinajstić information content (AvgIpc) is 2.79. The van der Waals surface area contributed by atoms with Crippen LogP contribution in [0.2, 0.25) is 0 Å². The Morgan fingerprint density at radius 1 is 0.733 bits per heavy atom. The minimum Gasteiger partial charge on any atom is -0.494 e. The largest absolute Gasteiger partial charge is 0.494 e. The maximum atomic E-state index is 12.2. The molecule has 0 saturated heterocycles. The molecule has 0 atom stereocenters. The monoisotopic (exact) mass is 422 g/mol. The van der Waals surface area contributed by atoms with Crippen LogP contribution in [-0.4, -0.2) is 12.6 Å². The molecule has 0 N–H and O–H groups in total. The molecule has 0 fully saturated rings. The lowest BCUT2D eigenvalue weighted by molar-refractivity contribution is -0.131. The maximum absolute atomic E-state index is 12.2. The van der Waals surface area contributed by atoms with E-state index in [1.165, 1.54) is 26.2 Å². The van der Waals surface area contributed by atoms with Gasteiger partial charge in [-0.25, -0.2) is 0 Å². The van der Waals surface area contributed by atoms with Gasteiger partial charge in [0.2, 0.25) is 0 Å². The standard InChI is InChI=1S/C26H30O3S/c1-3-4-5-12-21-28-23-17-19-26(20-18-23)30(29-22(2)27,24-13-8-6-9-14-24)25-15-10-7-11-16-25/h6-11,13-20H,3-5,12,21H2,1-2H3. The fourth-order valence-corrected chi connectivity index (χ4v) is 6.46. The summed E-state index contributed by atoms with van der Waals surface area (Å²) in [6.07, 6.45) is 4.71. The zero-order valence-electron chi connectivity index (χ0n) is 17.8. The van der Waals surface area contributed by atoms with Crippen LogP contribution in [0.3, 0.4) is 0 Å². The highest BCUT2D eigenvalue weighted by molar-refractivity contribution is 8.30. The quantitative estimate of drug-likeness (QED) is 0.319. The van der Waals surface area contributed by atoms with Crippen molar-refractivity contribution in [1.29, 1.82) is 0 Å². The van der Waals surface area contributed by atoms with Gasteiger partial charge in [0.05, 0.1) is 6.61 Å². The summed E-state index contributed by atoms with van der Waals surface area (Å²) in [5, 5.41) is 0. The van der Waals surface area contributed by atoms with Gasteiger partial charge in [-0.3, -0.25) is 4.79 Å². The van der Waals surface area contributed by atoms with E-state index in [1.54, 1.807) is 0 Å². The van der Waals surface area contributed by atoms with Gasteiger partial charge in [-0.15, -0.1) is 0 Å². The Balaban J connectivity index is 1.97. The number of unbranched alkanes of at least 4 members (excludes halogenated alkanes) is 3. The molecule has 0 aliphatic carbocycles. The first kappa shape index (κ1) is 22.0. The first-order valence-corrected chi connectivity index (χ1v) is 12.1. The third kappa shape index (κ3) is 5.25. The second kappa shape index (κ2) is 10.9. The van der Waals surface area contributed by atoms with E-state index >= 15 is 0 Å². The van der Waals surface area contributed by atoms with Gasteiger partial charge in [-0.05, 0) is 65.3 Å². The molecule has 0 aromatic heterocycles. The van der Waals surface area contributed by atoms with Crippen LogP contribution in [0, 0.1) is 0 Å². The van der Waals surface area contributed by atoms with Crippen LogP contribution in [0.4, 0.5) is 0 Å². The van der Waals surface area contributed by atoms with Gasteiger partial charge in [-0.1, -0.05) is 62.6 Å². The molecule has 30 heavy (non-hydrogen) atoms. The lowest BCUT2D eigenvalue weighted by atomic mass is 10.2. The lowest BCUT2D eigenvalue weighted by Gasteiger charge is -2.39. The summed E-state index contributed by atoms with van der Waals surface area (Å²) in [7, 11) is -2.19. The fraction of sp³-hybridized carbons (Fsp3) is 0.269. The van der Waals surface area contributed by atoms with Crippen LogP contribution in [0.1, 0.15) is 39.5 Å². The second-order valence-corrected chi connectivity index (χ2v) is 9.83. The Morgan fingerprint density at radius 3 is 1.77 bits per heavy atom.